The van der Waals surface area contributed by atoms with E-state index in [9.17, 15) is 13.2 Å². The largest absolute Gasteiger partial charge is 0.454 e. The molecule has 3 N–H and O–H groups in total. The van der Waals surface area contributed by atoms with Gasteiger partial charge in [-0.25, -0.2) is 8.42 Å². The Morgan fingerprint density at radius 2 is 1.61 bits per heavy atom. The number of hydrogen-bond acceptors (Lipinski definition) is 4. The summed E-state index contributed by atoms with van der Waals surface area (Å²) in [6.07, 6.45) is 0. The van der Waals surface area contributed by atoms with Gasteiger partial charge in [-0.15, -0.1) is 0 Å². The van der Waals surface area contributed by atoms with Crippen LogP contribution in [-0.4, -0.2) is 14.3 Å². The van der Waals surface area contributed by atoms with Crippen LogP contribution in [0.1, 0.15) is 10.4 Å². The number of ether oxygens (including phenoxy) is 1. The topological polar surface area (TPSA) is 98.5 Å². The Labute approximate surface area is 171 Å². The Morgan fingerprint density at radius 1 is 0.929 bits per heavy atom. The smallest absolute Gasteiger partial charge is 0.262 e. The number of sulfonamides is 1. The number of carbonyl (C=O) groups excluding carboxylic acids is 1. The lowest BCUT2D eigenvalue weighted by atomic mass is 10.2. The number of carbonyl (C=O) groups is 1. The van der Waals surface area contributed by atoms with E-state index in [1.54, 1.807) is 36.4 Å². The van der Waals surface area contributed by atoms with Crippen LogP contribution >= 0.6 is 23.2 Å². The van der Waals surface area contributed by atoms with Crippen molar-refractivity contribution in [3.8, 4) is 11.5 Å². The van der Waals surface area contributed by atoms with Crippen LogP contribution in [0.15, 0.2) is 71.6 Å². The fourth-order valence-electron chi connectivity index (χ4n) is 2.32. The second kappa shape index (κ2) is 8.10. The highest BCUT2D eigenvalue weighted by molar-refractivity contribution is 7.92. The van der Waals surface area contributed by atoms with Gasteiger partial charge >= 0.3 is 0 Å². The number of nitrogens with one attached hydrogen (secondary N) is 1. The summed E-state index contributed by atoms with van der Waals surface area (Å²) in [5, 5.41) is 0.734. The highest BCUT2D eigenvalue weighted by Gasteiger charge is 2.18. The van der Waals surface area contributed by atoms with Crippen LogP contribution in [0.5, 0.6) is 11.5 Å². The van der Waals surface area contributed by atoms with Crippen molar-refractivity contribution in [3.63, 3.8) is 0 Å². The van der Waals surface area contributed by atoms with E-state index in [0.717, 1.165) is 0 Å². The molecule has 3 aromatic rings. The number of amides is 1. The highest BCUT2D eigenvalue weighted by Crippen LogP contribution is 2.35. The molecule has 0 saturated carbocycles. The Bertz CT molecular complexity index is 1130. The number of nitrogens with two attached hydrogens (primary N) is 1. The van der Waals surface area contributed by atoms with Gasteiger partial charge in [-0.05, 0) is 54.6 Å². The van der Waals surface area contributed by atoms with Crippen LogP contribution in [0.2, 0.25) is 10.0 Å². The van der Waals surface area contributed by atoms with Crippen LogP contribution in [-0.2, 0) is 10.0 Å². The first-order chi connectivity index (χ1) is 13.3. The quantitative estimate of drug-likeness (QED) is 0.585. The van der Waals surface area contributed by atoms with Gasteiger partial charge < -0.3 is 10.5 Å². The molecule has 28 heavy (non-hydrogen) atoms. The maximum absolute atomic E-state index is 12.7. The Kier molecular flexibility index (Phi) is 5.79. The molecule has 0 saturated heterocycles. The molecule has 0 aromatic heterocycles. The van der Waals surface area contributed by atoms with Gasteiger partial charge in [-0.3, -0.25) is 9.52 Å². The van der Waals surface area contributed by atoms with Crippen LogP contribution in [0, 0.1) is 0 Å². The summed E-state index contributed by atoms with van der Waals surface area (Å²) < 4.78 is 33.6. The van der Waals surface area contributed by atoms with Crippen molar-refractivity contribution in [2.24, 2.45) is 5.73 Å². The Balaban J connectivity index is 1.89. The first kappa shape index (κ1) is 20.0. The predicted octanol–water partition coefficient (Wildman–Crippen LogP) is 4.69. The van der Waals surface area contributed by atoms with E-state index in [4.69, 9.17) is 33.7 Å². The molecule has 0 unspecified atom stereocenters. The average Bonchev–Trinajstić information content (AvgIpc) is 2.65. The van der Waals surface area contributed by atoms with Gasteiger partial charge in [0.05, 0.1) is 15.6 Å². The first-order valence-corrected chi connectivity index (χ1v) is 10.1. The lowest BCUT2D eigenvalue weighted by Crippen LogP contribution is -2.15. The third-order valence-electron chi connectivity index (χ3n) is 3.69. The van der Waals surface area contributed by atoms with E-state index in [1.807, 2.05) is 0 Å². The van der Waals surface area contributed by atoms with Crippen molar-refractivity contribution < 1.29 is 17.9 Å². The van der Waals surface area contributed by atoms with E-state index in [0.29, 0.717) is 10.8 Å². The number of rotatable bonds is 6. The van der Waals surface area contributed by atoms with E-state index < -0.39 is 15.9 Å². The normalized spacial score (nSPS) is 11.1. The van der Waals surface area contributed by atoms with Crippen molar-refractivity contribution in [3.05, 3.63) is 82.3 Å². The minimum absolute atomic E-state index is 0.0307. The van der Waals surface area contributed by atoms with Crippen molar-refractivity contribution in [1.29, 1.82) is 0 Å². The molecule has 0 aliphatic carbocycles. The number of hydrogen-bond donors (Lipinski definition) is 2. The third-order valence-corrected chi connectivity index (χ3v) is 5.61. The first-order valence-electron chi connectivity index (χ1n) is 7.91. The molecule has 0 bridgehead atoms. The zero-order chi connectivity index (χ0) is 20.3. The summed E-state index contributed by atoms with van der Waals surface area (Å²) in [5.74, 6) is -0.0666. The Morgan fingerprint density at radius 3 is 2.25 bits per heavy atom. The average molecular weight is 437 g/mol. The molecular formula is C19H14Cl2N2O4S. The molecule has 0 spiro atoms. The second-order valence-corrected chi connectivity index (χ2v) is 8.19. The van der Waals surface area contributed by atoms with Crippen molar-refractivity contribution >= 4 is 44.8 Å². The lowest BCUT2D eigenvalue weighted by Gasteiger charge is -2.14. The van der Waals surface area contributed by atoms with Gasteiger partial charge in [-0.2, -0.15) is 0 Å². The lowest BCUT2D eigenvalue weighted by molar-refractivity contribution is 0.1000. The molecule has 9 heteroatoms. The number of halogens is 2. The summed E-state index contributed by atoms with van der Waals surface area (Å²) in [4.78, 5) is 11.1. The van der Waals surface area contributed by atoms with Crippen LogP contribution in [0.4, 0.5) is 5.69 Å². The molecule has 0 fully saturated rings. The van der Waals surface area contributed by atoms with Crippen molar-refractivity contribution in [2.75, 3.05) is 4.72 Å². The van der Waals surface area contributed by atoms with E-state index in [-0.39, 0.29) is 26.9 Å². The van der Waals surface area contributed by atoms with Crippen LogP contribution < -0.4 is 15.2 Å². The third kappa shape index (κ3) is 4.56. The minimum Gasteiger partial charge on any atom is -0.454 e. The molecule has 0 heterocycles. The van der Waals surface area contributed by atoms with Crippen molar-refractivity contribution in [2.45, 2.75) is 4.90 Å². The van der Waals surface area contributed by atoms with E-state index in [1.165, 1.54) is 30.3 Å². The summed E-state index contributed by atoms with van der Waals surface area (Å²) in [6, 6.07) is 16.5. The standard InChI is InChI=1S/C19H14Cl2N2O4S/c20-13-7-10-17(15(21)11-13)27-18-4-2-1-3-16(18)23-28(25,26)14-8-5-12(6-9-14)19(22)24/h1-11,23H,(H2,22,24). The van der Waals surface area contributed by atoms with E-state index in [2.05, 4.69) is 4.72 Å². The monoisotopic (exact) mass is 436 g/mol. The Hall–Kier alpha value is -2.74. The molecule has 0 atom stereocenters. The summed E-state index contributed by atoms with van der Waals surface area (Å²) >= 11 is 12.0. The zero-order valence-corrected chi connectivity index (χ0v) is 16.6. The van der Waals surface area contributed by atoms with Crippen molar-refractivity contribution in [1.82, 2.24) is 0 Å². The summed E-state index contributed by atoms with van der Waals surface area (Å²) in [6.45, 7) is 0. The minimum atomic E-state index is -3.92. The number of benzene rings is 3. The maximum Gasteiger partial charge on any atom is 0.262 e. The summed E-state index contributed by atoms with van der Waals surface area (Å²) in [5.41, 5.74) is 5.60. The van der Waals surface area contributed by atoms with Gasteiger partial charge in [-0.1, -0.05) is 35.3 Å². The summed E-state index contributed by atoms with van der Waals surface area (Å²) in [7, 11) is -3.92. The molecule has 6 nitrogen and oxygen atoms in total. The SMILES string of the molecule is NC(=O)c1ccc(S(=O)(=O)Nc2ccccc2Oc2ccc(Cl)cc2Cl)cc1. The van der Waals surface area contributed by atoms with Gasteiger partial charge in [0.1, 0.15) is 5.75 Å². The zero-order valence-electron chi connectivity index (χ0n) is 14.2. The molecular weight excluding hydrogens is 423 g/mol. The molecule has 3 aromatic carbocycles. The number of primary amides is 1. The number of anilines is 1. The molecule has 1 amide bonds. The molecule has 144 valence electrons. The fraction of sp³-hybridized carbons (Fsp3) is 0. The van der Waals surface area contributed by atoms with Crippen LogP contribution in [0.3, 0.4) is 0 Å². The predicted molar refractivity (Wildman–Crippen MR) is 109 cm³/mol. The molecule has 0 aliphatic rings. The van der Waals surface area contributed by atoms with Gasteiger partial charge in [0.2, 0.25) is 5.91 Å². The van der Waals surface area contributed by atoms with Gasteiger partial charge in [0, 0.05) is 10.6 Å². The van der Waals surface area contributed by atoms with E-state index >= 15 is 0 Å². The molecule has 0 radical (unpaired) electrons. The second-order valence-electron chi connectivity index (χ2n) is 5.67. The molecule has 3 rings (SSSR count). The van der Waals surface area contributed by atoms with Crippen LogP contribution in [0.25, 0.3) is 0 Å². The number of para-hydroxylation sites is 2. The molecule has 0 aliphatic heterocycles. The van der Waals surface area contributed by atoms with Gasteiger partial charge in [0.15, 0.2) is 5.75 Å². The maximum atomic E-state index is 12.7. The van der Waals surface area contributed by atoms with Gasteiger partial charge in [0.25, 0.3) is 10.0 Å². The highest BCUT2D eigenvalue weighted by atomic mass is 35.5. The fourth-order valence-corrected chi connectivity index (χ4v) is 3.84.